The summed E-state index contributed by atoms with van der Waals surface area (Å²) in [6, 6.07) is 27.1. The molecule has 0 aliphatic heterocycles. The summed E-state index contributed by atoms with van der Waals surface area (Å²) in [5.41, 5.74) is 7.26. The van der Waals surface area contributed by atoms with Crippen LogP contribution >= 0.6 is 45.3 Å². The van der Waals surface area contributed by atoms with E-state index in [1.807, 2.05) is 0 Å². The van der Waals surface area contributed by atoms with E-state index in [1.165, 1.54) is 85.2 Å². The van der Waals surface area contributed by atoms with Gasteiger partial charge in [0.1, 0.15) is 0 Å². The Morgan fingerprint density at radius 3 is 0.769 bits per heavy atom. The summed E-state index contributed by atoms with van der Waals surface area (Å²) in [7, 11) is 7.01. The standard InChI is InChI=1S/C44H42O4S4/c1-43(2,3)23-19-25-37-26(20-23)40(30-12-16-34(46-8)50-30)42(32-14-18-36(48-10)52-32)28-22-24(44(4,5)6)21-27(38(28)37)41(31-13-17-35(47-9)51-31)39(25)29-11-15-33(45-7)49-29/h11-22H,1-10H3. The van der Waals surface area contributed by atoms with Gasteiger partial charge in [-0.1, -0.05) is 86.9 Å². The van der Waals surface area contributed by atoms with Crippen molar-refractivity contribution in [1.82, 2.24) is 0 Å². The second-order valence-corrected chi connectivity index (χ2v) is 19.4. The van der Waals surface area contributed by atoms with Gasteiger partial charge in [-0.05, 0) is 127 Å². The van der Waals surface area contributed by atoms with Crippen molar-refractivity contribution < 1.29 is 18.9 Å². The van der Waals surface area contributed by atoms with E-state index in [0.717, 1.165) is 20.3 Å². The minimum absolute atomic E-state index is 0.114. The van der Waals surface area contributed by atoms with E-state index in [4.69, 9.17) is 18.9 Å². The van der Waals surface area contributed by atoms with Gasteiger partial charge in [0.05, 0.1) is 28.4 Å². The molecule has 4 aromatic heterocycles. The fourth-order valence-corrected chi connectivity index (χ4v) is 10.8. The van der Waals surface area contributed by atoms with Crippen LogP contribution in [0.25, 0.3) is 74.1 Å². The molecule has 8 rings (SSSR count). The zero-order chi connectivity index (χ0) is 36.7. The summed E-state index contributed by atoms with van der Waals surface area (Å²) in [5, 5.41) is 11.1. The van der Waals surface area contributed by atoms with Crippen LogP contribution in [0.2, 0.25) is 0 Å². The van der Waals surface area contributed by atoms with Gasteiger partial charge in [-0.15, -0.1) is 0 Å². The highest BCUT2D eigenvalue weighted by Crippen LogP contribution is 2.58. The first-order valence-electron chi connectivity index (χ1n) is 17.3. The van der Waals surface area contributed by atoms with Crippen LogP contribution in [0.4, 0.5) is 0 Å². The smallest absolute Gasteiger partial charge is 0.173 e. The van der Waals surface area contributed by atoms with E-state index >= 15 is 0 Å². The van der Waals surface area contributed by atoms with Crippen LogP contribution in [0.1, 0.15) is 52.7 Å². The summed E-state index contributed by atoms with van der Waals surface area (Å²) in [5.74, 6) is 0. The highest BCUT2D eigenvalue weighted by molar-refractivity contribution is 7.19. The Balaban J connectivity index is 1.72. The molecule has 0 bridgehead atoms. The minimum Gasteiger partial charge on any atom is -0.487 e. The summed E-state index contributed by atoms with van der Waals surface area (Å²) < 4.78 is 23.3. The molecule has 0 fully saturated rings. The minimum atomic E-state index is -0.114. The maximum absolute atomic E-state index is 5.82. The lowest BCUT2D eigenvalue weighted by Crippen LogP contribution is -2.12. The monoisotopic (exact) mass is 762 g/mol. The van der Waals surface area contributed by atoms with Crippen LogP contribution in [0.3, 0.4) is 0 Å². The fourth-order valence-electron chi connectivity index (χ4n) is 7.30. The average Bonchev–Trinajstić information content (AvgIpc) is 3.95. The van der Waals surface area contributed by atoms with E-state index in [2.05, 4.69) is 114 Å². The topological polar surface area (TPSA) is 36.9 Å². The molecule has 4 heterocycles. The van der Waals surface area contributed by atoms with E-state index in [9.17, 15) is 0 Å². The van der Waals surface area contributed by atoms with E-state index in [1.54, 1.807) is 73.8 Å². The summed E-state index contributed by atoms with van der Waals surface area (Å²) in [4.78, 5) is 4.71. The molecule has 0 saturated carbocycles. The first kappa shape index (κ1) is 35.0. The van der Waals surface area contributed by atoms with Gasteiger partial charge < -0.3 is 18.9 Å². The zero-order valence-electron chi connectivity index (χ0n) is 31.2. The van der Waals surface area contributed by atoms with Crippen molar-refractivity contribution in [3.05, 3.63) is 83.9 Å². The summed E-state index contributed by atoms with van der Waals surface area (Å²) >= 11 is 6.80. The summed E-state index contributed by atoms with van der Waals surface area (Å²) in [6.45, 7) is 13.9. The van der Waals surface area contributed by atoms with Crippen LogP contribution < -0.4 is 18.9 Å². The highest BCUT2D eigenvalue weighted by atomic mass is 32.1. The lowest BCUT2D eigenvalue weighted by Gasteiger charge is -2.29. The number of rotatable bonds is 8. The van der Waals surface area contributed by atoms with Crippen molar-refractivity contribution in [2.45, 2.75) is 52.4 Å². The van der Waals surface area contributed by atoms with Crippen molar-refractivity contribution in [1.29, 1.82) is 0 Å². The molecule has 8 aromatic rings. The summed E-state index contributed by atoms with van der Waals surface area (Å²) in [6.07, 6.45) is 0. The van der Waals surface area contributed by atoms with Crippen LogP contribution in [-0.4, -0.2) is 28.4 Å². The van der Waals surface area contributed by atoms with Crippen LogP contribution in [0.15, 0.2) is 72.8 Å². The molecule has 266 valence electrons. The number of hydrogen-bond donors (Lipinski definition) is 0. The number of thiophene rings is 4. The molecular weight excluding hydrogens is 721 g/mol. The SMILES string of the molecule is COc1ccc(-c2c(-c3ccc(OC)s3)c3cc(C(C)(C)C)cc4c(-c5ccc(OC)s5)c(-c5ccc(OC)s5)c5cc(C(C)(C)C)cc2c5c34)s1. The maximum atomic E-state index is 5.82. The zero-order valence-corrected chi connectivity index (χ0v) is 34.5. The molecule has 0 radical (unpaired) electrons. The Morgan fingerprint density at radius 1 is 0.365 bits per heavy atom. The van der Waals surface area contributed by atoms with E-state index in [0.29, 0.717) is 0 Å². The molecule has 0 spiro atoms. The van der Waals surface area contributed by atoms with Gasteiger partial charge >= 0.3 is 0 Å². The third-order valence-corrected chi connectivity index (χ3v) is 14.2. The predicted octanol–water partition coefficient (Wildman–Crippen LogP) is 14.1. The van der Waals surface area contributed by atoms with Crippen LogP contribution in [-0.2, 0) is 10.8 Å². The van der Waals surface area contributed by atoms with Gasteiger partial charge in [0, 0.05) is 41.8 Å². The third-order valence-electron chi connectivity index (χ3n) is 9.95. The molecule has 4 aromatic carbocycles. The normalized spacial score (nSPS) is 12.4. The fraction of sp³-hybridized carbons (Fsp3) is 0.273. The second-order valence-electron chi connectivity index (χ2n) is 15.2. The first-order valence-corrected chi connectivity index (χ1v) is 20.6. The molecule has 0 aliphatic carbocycles. The van der Waals surface area contributed by atoms with Crippen molar-refractivity contribution in [2.75, 3.05) is 28.4 Å². The largest absolute Gasteiger partial charge is 0.487 e. The average molecular weight is 763 g/mol. The Hall–Kier alpha value is -4.08. The van der Waals surface area contributed by atoms with Crippen molar-refractivity contribution in [3.8, 4) is 62.0 Å². The van der Waals surface area contributed by atoms with Gasteiger partial charge in [0.2, 0.25) is 0 Å². The predicted molar refractivity (Wildman–Crippen MR) is 227 cm³/mol. The Morgan fingerprint density at radius 2 is 0.596 bits per heavy atom. The van der Waals surface area contributed by atoms with Gasteiger partial charge in [-0.25, -0.2) is 0 Å². The number of hydrogen-bond acceptors (Lipinski definition) is 8. The molecule has 0 aliphatic rings. The Kier molecular flexibility index (Phi) is 8.61. The highest BCUT2D eigenvalue weighted by Gasteiger charge is 2.31. The van der Waals surface area contributed by atoms with Gasteiger partial charge in [-0.3, -0.25) is 0 Å². The number of ether oxygens (including phenoxy) is 4. The molecule has 0 saturated heterocycles. The first-order chi connectivity index (χ1) is 24.8. The maximum Gasteiger partial charge on any atom is 0.173 e. The molecule has 0 amide bonds. The number of methoxy groups -OCH3 is 4. The van der Waals surface area contributed by atoms with Crippen molar-refractivity contribution >= 4 is 77.7 Å². The third kappa shape index (κ3) is 5.66. The molecule has 4 nitrogen and oxygen atoms in total. The van der Waals surface area contributed by atoms with Crippen LogP contribution in [0.5, 0.6) is 20.3 Å². The van der Waals surface area contributed by atoms with E-state index < -0.39 is 0 Å². The number of benzene rings is 4. The van der Waals surface area contributed by atoms with Gasteiger partial charge in [0.15, 0.2) is 20.3 Å². The lowest BCUT2D eigenvalue weighted by atomic mass is 9.76. The lowest BCUT2D eigenvalue weighted by molar-refractivity contribution is 0.427. The van der Waals surface area contributed by atoms with Crippen molar-refractivity contribution in [2.24, 2.45) is 0 Å². The molecular formula is C44H42O4S4. The Labute approximate surface area is 321 Å². The quantitative estimate of drug-likeness (QED) is 0.144. The van der Waals surface area contributed by atoms with Crippen LogP contribution in [0, 0.1) is 0 Å². The second kappa shape index (κ2) is 12.8. The Bertz CT molecular complexity index is 2260. The molecule has 8 heteroatoms. The van der Waals surface area contributed by atoms with Gasteiger partial charge in [-0.2, -0.15) is 0 Å². The molecule has 0 N–H and O–H groups in total. The van der Waals surface area contributed by atoms with Gasteiger partial charge in [0.25, 0.3) is 0 Å². The molecule has 0 unspecified atom stereocenters. The molecule has 52 heavy (non-hydrogen) atoms. The van der Waals surface area contributed by atoms with E-state index in [-0.39, 0.29) is 10.8 Å². The molecule has 0 atom stereocenters. The van der Waals surface area contributed by atoms with Crippen molar-refractivity contribution in [3.63, 3.8) is 0 Å².